The van der Waals surface area contributed by atoms with Gasteiger partial charge in [-0.05, 0) is 51.8 Å². The number of rotatable bonds is 10. The van der Waals surface area contributed by atoms with Crippen molar-refractivity contribution in [1.82, 2.24) is 10.2 Å². The molecule has 0 aliphatic heterocycles. The van der Waals surface area contributed by atoms with Crippen LogP contribution in [0.2, 0.25) is 0 Å². The van der Waals surface area contributed by atoms with Crippen LogP contribution < -0.4 is 5.32 Å². The van der Waals surface area contributed by atoms with Crippen molar-refractivity contribution in [3.63, 3.8) is 0 Å². The number of benzene rings is 2. The Balaban J connectivity index is 2.06. The molecule has 0 spiro atoms. The highest BCUT2D eigenvalue weighted by molar-refractivity contribution is 7.99. The van der Waals surface area contributed by atoms with E-state index in [4.69, 9.17) is 0 Å². The van der Waals surface area contributed by atoms with Crippen molar-refractivity contribution in [2.45, 2.75) is 71.0 Å². The lowest BCUT2D eigenvalue weighted by atomic mass is 10.1. The Hall–Kier alpha value is -2.27. The quantitative estimate of drug-likeness (QED) is 0.537. The van der Waals surface area contributed by atoms with Gasteiger partial charge in [-0.3, -0.25) is 9.59 Å². The molecule has 0 heterocycles. The Morgan fingerprint density at radius 1 is 0.967 bits per heavy atom. The minimum Gasteiger partial charge on any atom is -0.352 e. The Morgan fingerprint density at radius 3 is 2.10 bits per heavy atom. The van der Waals surface area contributed by atoms with E-state index in [0.717, 1.165) is 16.9 Å². The maximum atomic E-state index is 13.1. The van der Waals surface area contributed by atoms with Crippen molar-refractivity contribution in [3.05, 3.63) is 65.2 Å². The Bertz CT molecular complexity index is 818. The lowest BCUT2D eigenvalue weighted by Crippen LogP contribution is -2.49. The zero-order valence-electron chi connectivity index (χ0n) is 18.8. The van der Waals surface area contributed by atoms with E-state index >= 15 is 0 Å². The van der Waals surface area contributed by atoms with Gasteiger partial charge in [0.2, 0.25) is 11.8 Å². The molecule has 0 aliphatic carbocycles. The first-order chi connectivity index (χ1) is 14.3. The molecule has 2 aromatic rings. The molecular formula is C25H34N2O2S. The number of thioether (sulfide) groups is 1. The average Bonchev–Trinajstić information content (AvgIpc) is 2.74. The molecule has 5 heteroatoms. The smallest absolute Gasteiger partial charge is 0.242 e. The molecule has 2 rings (SSSR count). The molecular weight excluding hydrogens is 392 g/mol. The Morgan fingerprint density at radius 2 is 1.53 bits per heavy atom. The van der Waals surface area contributed by atoms with Crippen LogP contribution in [-0.2, 0) is 16.1 Å². The number of aryl methyl sites for hydroxylation is 2. The summed E-state index contributed by atoms with van der Waals surface area (Å²) in [5, 5.41) is 3.01. The monoisotopic (exact) mass is 426 g/mol. The Kier molecular flexibility index (Phi) is 9.44. The van der Waals surface area contributed by atoms with Crippen LogP contribution in [0, 0.1) is 13.8 Å². The fraction of sp³-hybridized carbons (Fsp3) is 0.440. The summed E-state index contributed by atoms with van der Waals surface area (Å²) in [7, 11) is 0. The summed E-state index contributed by atoms with van der Waals surface area (Å²) in [4.78, 5) is 28.7. The summed E-state index contributed by atoms with van der Waals surface area (Å²) in [6, 6.07) is 16.0. The van der Waals surface area contributed by atoms with E-state index in [1.165, 1.54) is 11.1 Å². The third kappa shape index (κ3) is 7.52. The van der Waals surface area contributed by atoms with E-state index in [1.807, 2.05) is 52.0 Å². The topological polar surface area (TPSA) is 49.4 Å². The minimum atomic E-state index is -0.517. The summed E-state index contributed by atoms with van der Waals surface area (Å²) in [6.45, 7) is 10.4. The highest BCUT2D eigenvalue weighted by Crippen LogP contribution is 2.20. The van der Waals surface area contributed by atoms with Gasteiger partial charge >= 0.3 is 0 Å². The molecule has 1 N–H and O–H groups in total. The van der Waals surface area contributed by atoms with Crippen LogP contribution in [0.5, 0.6) is 0 Å². The standard InChI is InChI=1S/C25H34N2O2S/c1-6-20(4)26-25(29)21(5)27(17-22-11-7-18(2)8-12-22)24(28)15-16-30-23-13-9-19(3)10-14-23/h7-14,20-21H,6,15-17H2,1-5H3,(H,26,29)/t20-,21-/m0/s1. The summed E-state index contributed by atoms with van der Waals surface area (Å²) < 4.78 is 0. The lowest BCUT2D eigenvalue weighted by molar-refractivity contribution is -0.140. The molecule has 2 atom stereocenters. The second kappa shape index (κ2) is 11.8. The van der Waals surface area contributed by atoms with E-state index in [9.17, 15) is 9.59 Å². The number of nitrogens with zero attached hydrogens (tertiary/aromatic N) is 1. The SMILES string of the molecule is CC[C@H](C)NC(=O)[C@H](C)N(Cc1ccc(C)cc1)C(=O)CCSc1ccc(C)cc1. The van der Waals surface area contributed by atoms with Gasteiger partial charge < -0.3 is 10.2 Å². The largest absolute Gasteiger partial charge is 0.352 e. The number of hydrogen-bond donors (Lipinski definition) is 1. The molecule has 4 nitrogen and oxygen atoms in total. The zero-order valence-corrected chi connectivity index (χ0v) is 19.6. The molecule has 0 saturated heterocycles. The predicted octanol–water partition coefficient (Wildman–Crippen LogP) is 5.12. The molecule has 0 fully saturated rings. The van der Waals surface area contributed by atoms with Crippen LogP contribution in [0.25, 0.3) is 0 Å². The second-order valence-corrected chi connectivity index (χ2v) is 9.08. The molecule has 0 aromatic heterocycles. The van der Waals surface area contributed by atoms with Crippen LogP contribution in [0.1, 0.15) is 50.3 Å². The van der Waals surface area contributed by atoms with Gasteiger partial charge in [-0.2, -0.15) is 0 Å². The average molecular weight is 427 g/mol. The molecule has 2 amide bonds. The number of amides is 2. The van der Waals surface area contributed by atoms with Crippen molar-refractivity contribution >= 4 is 23.6 Å². The third-order valence-electron chi connectivity index (χ3n) is 5.25. The first-order valence-corrected chi connectivity index (χ1v) is 11.6. The maximum absolute atomic E-state index is 13.1. The number of nitrogens with one attached hydrogen (secondary N) is 1. The minimum absolute atomic E-state index is 0.00184. The van der Waals surface area contributed by atoms with Crippen LogP contribution >= 0.6 is 11.8 Å². The van der Waals surface area contributed by atoms with E-state index in [-0.39, 0.29) is 17.9 Å². The van der Waals surface area contributed by atoms with Gasteiger partial charge in [-0.25, -0.2) is 0 Å². The van der Waals surface area contributed by atoms with Gasteiger partial charge in [-0.1, -0.05) is 54.4 Å². The van der Waals surface area contributed by atoms with Crippen LogP contribution in [-0.4, -0.2) is 34.6 Å². The normalized spacial score (nSPS) is 12.8. The fourth-order valence-corrected chi connectivity index (χ4v) is 3.81. The predicted molar refractivity (Wildman–Crippen MR) is 126 cm³/mol. The van der Waals surface area contributed by atoms with Crippen molar-refractivity contribution in [1.29, 1.82) is 0 Å². The summed E-state index contributed by atoms with van der Waals surface area (Å²) in [5.74, 6) is 0.587. The van der Waals surface area contributed by atoms with Crippen molar-refractivity contribution in [2.24, 2.45) is 0 Å². The van der Waals surface area contributed by atoms with Gasteiger partial charge in [-0.15, -0.1) is 11.8 Å². The van der Waals surface area contributed by atoms with Gasteiger partial charge in [0.05, 0.1) is 0 Å². The Labute approximate surface area is 185 Å². The molecule has 162 valence electrons. The fourth-order valence-electron chi connectivity index (χ4n) is 2.97. The third-order valence-corrected chi connectivity index (χ3v) is 6.26. The molecule has 0 aliphatic rings. The lowest BCUT2D eigenvalue weighted by Gasteiger charge is -2.29. The van der Waals surface area contributed by atoms with Gasteiger partial charge in [0.25, 0.3) is 0 Å². The summed E-state index contributed by atoms with van der Waals surface area (Å²) in [5.41, 5.74) is 3.43. The van der Waals surface area contributed by atoms with Crippen LogP contribution in [0.3, 0.4) is 0 Å². The van der Waals surface area contributed by atoms with E-state index < -0.39 is 6.04 Å². The highest BCUT2D eigenvalue weighted by Gasteiger charge is 2.26. The van der Waals surface area contributed by atoms with Gasteiger partial charge in [0, 0.05) is 29.7 Å². The van der Waals surface area contributed by atoms with E-state index in [1.54, 1.807) is 16.7 Å². The van der Waals surface area contributed by atoms with Crippen molar-refractivity contribution in [3.8, 4) is 0 Å². The van der Waals surface area contributed by atoms with E-state index in [2.05, 4.69) is 36.5 Å². The first-order valence-electron chi connectivity index (χ1n) is 10.6. The summed E-state index contributed by atoms with van der Waals surface area (Å²) in [6.07, 6.45) is 1.25. The molecule has 2 aromatic carbocycles. The van der Waals surface area contributed by atoms with Gasteiger partial charge in [0.15, 0.2) is 0 Å². The number of hydrogen-bond acceptors (Lipinski definition) is 3. The molecule has 0 radical (unpaired) electrons. The second-order valence-electron chi connectivity index (χ2n) is 7.91. The van der Waals surface area contributed by atoms with Crippen molar-refractivity contribution in [2.75, 3.05) is 5.75 Å². The molecule has 0 saturated carbocycles. The molecule has 0 unspecified atom stereocenters. The van der Waals surface area contributed by atoms with E-state index in [0.29, 0.717) is 18.7 Å². The number of carbonyl (C=O) groups excluding carboxylic acids is 2. The van der Waals surface area contributed by atoms with Crippen LogP contribution in [0.4, 0.5) is 0 Å². The molecule has 0 bridgehead atoms. The van der Waals surface area contributed by atoms with Gasteiger partial charge in [0.1, 0.15) is 6.04 Å². The van der Waals surface area contributed by atoms with Crippen molar-refractivity contribution < 1.29 is 9.59 Å². The maximum Gasteiger partial charge on any atom is 0.242 e. The first kappa shape index (κ1) is 24.0. The number of carbonyl (C=O) groups is 2. The zero-order chi connectivity index (χ0) is 22.1. The highest BCUT2D eigenvalue weighted by atomic mass is 32.2. The van der Waals surface area contributed by atoms with Crippen LogP contribution in [0.15, 0.2) is 53.4 Å². The molecule has 30 heavy (non-hydrogen) atoms. The summed E-state index contributed by atoms with van der Waals surface area (Å²) >= 11 is 1.67.